The van der Waals surface area contributed by atoms with Gasteiger partial charge in [0.2, 0.25) is 0 Å². The van der Waals surface area contributed by atoms with E-state index in [0.717, 1.165) is 0 Å². The molecule has 3 nitrogen and oxygen atoms in total. The highest BCUT2D eigenvalue weighted by molar-refractivity contribution is 7.72. The van der Waals surface area contributed by atoms with Crippen molar-refractivity contribution >= 4 is 22.3 Å². The summed E-state index contributed by atoms with van der Waals surface area (Å²) in [5, 5.41) is 2.42. The van der Waals surface area contributed by atoms with E-state index in [9.17, 15) is 8.42 Å². The van der Waals surface area contributed by atoms with Crippen molar-refractivity contribution in [2.45, 2.75) is 0 Å². The lowest BCUT2D eigenvalue weighted by atomic mass is 11.2. The van der Waals surface area contributed by atoms with Crippen LogP contribution in [0.5, 0.6) is 0 Å². The standard InChI is InChI=1S/C2H6ClNO2S/c3-1-4-2-7(5)6/h4,7H,1-2H2. The maximum atomic E-state index is 9.67. The summed E-state index contributed by atoms with van der Waals surface area (Å²) in [7, 11) is -2.30. The van der Waals surface area contributed by atoms with Crippen molar-refractivity contribution in [1.29, 1.82) is 0 Å². The van der Waals surface area contributed by atoms with Gasteiger partial charge in [0.05, 0.1) is 11.9 Å². The van der Waals surface area contributed by atoms with E-state index in [-0.39, 0.29) is 11.9 Å². The first-order valence-electron chi connectivity index (χ1n) is 1.66. The summed E-state index contributed by atoms with van der Waals surface area (Å²) >= 11 is 5.07. The Morgan fingerprint density at radius 1 is 1.57 bits per heavy atom. The molecule has 0 amide bonds. The predicted octanol–water partition coefficient (Wildman–Crippen LogP) is -0.659. The SMILES string of the molecule is O=[SH](=O)CNCCl. The second-order valence-electron chi connectivity index (χ2n) is 0.874. The predicted molar refractivity (Wildman–Crippen MR) is 29.0 cm³/mol. The molecule has 0 saturated carbocycles. The number of alkyl halides is 1. The van der Waals surface area contributed by atoms with Crippen molar-refractivity contribution in [3.8, 4) is 0 Å². The zero-order valence-electron chi connectivity index (χ0n) is 3.56. The Kier molecular flexibility index (Phi) is 4.49. The molecule has 0 atom stereocenters. The third kappa shape index (κ3) is 6.20. The highest BCUT2D eigenvalue weighted by Crippen LogP contribution is 1.64. The lowest BCUT2D eigenvalue weighted by molar-refractivity contribution is 0.610. The third-order valence-electron chi connectivity index (χ3n) is 0.335. The molecule has 0 aromatic carbocycles. The van der Waals surface area contributed by atoms with Gasteiger partial charge >= 0.3 is 0 Å². The van der Waals surface area contributed by atoms with Gasteiger partial charge in [0.25, 0.3) is 0 Å². The minimum Gasteiger partial charge on any atom is -0.291 e. The molecule has 0 saturated heterocycles. The summed E-state index contributed by atoms with van der Waals surface area (Å²) in [5.74, 6) is -0.0289. The first-order chi connectivity index (χ1) is 3.27. The number of rotatable bonds is 3. The Labute approximate surface area is 48.6 Å². The minimum atomic E-state index is -2.30. The van der Waals surface area contributed by atoms with Crippen LogP contribution >= 0.6 is 11.6 Å². The summed E-state index contributed by atoms with van der Waals surface area (Å²) in [6.45, 7) is 0. The monoisotopic (exact) mass is 143 g/mol. The summed E-state index contributed by atoms with van der Waals surface area (Å²) < 4.78 is 19.3. The Morgan fingerprint density at radius 3 is 2.29 bits per heavy atom. The molecule has 0 bridgehead atoms. The molecule has 44 valence electrons. The average Bonchev–Trinajstić information content (AvgIpc) is 1.61. The molecule has 0 radical (unpaired) electrons. The first kappa shape index (κ1) is 7.20. The quantitative estimate of drug-likeness (QED) is 0.313. The van der Waals surface area contributed by atoms with E-state index in [0.29, 0.717) is 0 Å². The van der Waals surface area contributed by atoms with Gasteiger partial charge < -0.3 is 0 Å². The Morgan fingerprint density at radius 2 is 2.14 bits per heavy atom. The lowest BCUT2D eigenvalue weighted by Crippen LogP contribution is -2.13. The van der Waals surface area contributed by atoms with E-state index in [1.165, 1.54) is 0 Å². The molecule has 0 aromatic heterocycles. The van der Waals surface area contributed by atoms with Crippen LogP contribution in [0, 0.1) is 0 Å². The molecule has 0 aliphatic rings. The van der Waals surface area contributed by atoms with Gasteiger partial charge in [0, 0.05) is 0 Å². The molecule has 7 heavy (non-hydrogen) atoms. The number of halogens is 1. The smallest absolute Gasteiger partial charge is 0.153 e. The second kappa shape index (κ2) is 4.36. The molecule has 0 aliphatic heterocycles. The molecule has 0 aromatic rings. The van der Waals surface area contributed by atoms with Crippen molar-refractivity contribution in [2.75, 3.05) is 11.9 Å². The largest absolute Gasteiger partial charge is 0.291 e. The van der Waals surface area contributed by atoms with Gasteiger partial charge in [-0.15, -0.1) is 11.6 Å². The maximum Gasteiger partial charge on any atom is 0.153 e. The fourth-order valence-corrected chi connectivity index (χ4v) is 0.654. The maximum absolute atomic E-state index is 9.67. The van der Waals surface area contributed by atoms with E-state index < -0.39 is 10.7 Å². The molecule has 0 heterocycles. The number of hydrogen-bond acceptors (Lipinski definition) is 3. The molecule has 5 heteroatoms. The summed E-state index contributed by atoms with van der Waals surface area (Å²) in [4.78, 5) is 0. The normalized spacial score (nSPS) is 10.0. The highest BCUT2D eigenvalue weighted by atomic mass is 35.5. The molecular formula is C2H6ClNO2S. The third-order valence-corrected chi connectivity index (χ3v) is 1.01. The first-order valence-corrected chi connectivity index (χ1v) is 3.55. The van der Waals surface area contributed by atoms with Crippen molar-refractivity contribution in [3.05, 3.63) is 0 Å². The highest BCUT2D eigenvalue weighted by Gasteiger charge is 1.79. The van der Waals surface area contributed by atoms with E-state index in [2.05, 4.69) is 5.32 Å². The molecule has 0 fully saturated rings. The number of thiol groups is 1. The van der Waals surface area contributed by atoms with Crippen LogP contribution in [0.25, 0.3) is 0 Å². The van der Waals surface area contributed by atoms with Crippen LogP contribution in [0.1, 0.15) is 0 Å². The Balaban J connectivity index is 2.98. The van der Waals surface area contributed by atoms with Gasteiger partial charge in [0.1, 0.15) is 0 Å². The van der Waals surface area contributed by atoms with E-state index in [1.807, 2.05) is 0 Å². The van der Waals surface area contributed by atoms with Crippen LogP contribution in [0.15, 0.2) is 0 Å². The van der Waals surface area contributed by atoms with Gasteiger partial charge in [-0.25, -0.2) is 8.42 Å². The van der Waals surface area contributed by atoms with Crippen LogP contribution in [0.4, 0.5) is 0 Å². The number of hydrogen-bond donors (Lipinski definition) is 2. The summed E-state index contributed by atoms with van der Waals surface area (Å²) in [6.07, 6.45) is 0. The van der Waals surface area contributed by atoms with E-state index in [1.54, 1.807) is 0 Å². The van der Waals surface area contributed by atoms with Crippen molar-refractivity contribution in [1.82, 2.24) is 5.32 Å². The van der Waals surface area contributed by atoms with E-state index in [4.69, 9.17) is 11.6 Å². The molecule has 0 aliphatic carbocycles. The minimum absolute atomic E-state index is 0.0289. The molecule has 1 N–H and O–H groups in total. The Bertz CT molecular complexity index is 93.9. The van der Waals surface area contributed by atoms with Crippen LogP contribution in [0.2, 0.25) is 0 Å². The van der Waals surface area contributed by atoms with E-state index >= 15 is 0 Å². The van der Waals surface area contributed by atoms with Crippen molar-refractivity contribution in [2.24, 2.45) is 0 Å². The second-order valence-corrected chi connectivity index (χ2v) is 2.12. The number of nitrogens with one attached hydrogen (secondary N) is 1. The van der Waals surface area contributed by atoms with Crippen molar-refractivity contribution in [3.63, 3.8) is 0 Å². The Hall–Kier alpha value is 0.200. The fourth-order valence-electron chi connectivity index (χ4n) is 0.134. The van der Waals surface area contributed by atoms with Gasteiger partial charge in [-0.05, 0) is 0 Å². The van der Waals surface area contributed by atoms with Crippen LogP contribution in [-0.2, 0) is 10.7 Å². The van der Waals surface area contributed by atoms with Gasteiger partial charge in [-0.1, -0.05) is 0 Å². The van der Waals surface area contributed by atoms with Crippen LogP contribution in [0.3, 0.4) is 0 Å². The van der Waals surface area contributed by atoms with Gasteiger partial charge in [-0.3, -0.25) is 5.32 Å². The molecule has 0 unspecified atom stereocenters. The van der Waals surface area contributed by atoms with Crippen LogP contribution < -0.4 is 5.32 Å². The molecular weight excluding hydrogens is 138 g/mol. The topological polar surface area (TPSA) is 46.2 Å². The zero-order valence-corrected chi connectivity index (χ0v) is 5.21. The molecule has 0 spiro atoms. The lowest BCUT2D eigenvalue weighted by Gasteiger charge is -1.85. The fraction of sp³-hybridized carbons (Fsp3) is 1.00. The van der Waals surface area contributed by atoms with Gasteiger partial charge in [-0.2, -0.15) is 0 Å². The molecule has 0 rings (SSSR count). The average molecular weight is 144 g/mol. The summed E-state index contributed by atoms with van der Waals surface area (Å²) in [6, 6.07) is 0.184. The van der Waals surface area contributed by atoms with Gasteiger partial charge in [0.15, 0.2) is 10.7 Å². The van der Waals surface area contributed by atoms with Crippen LogP contribution in [-0.4, -0.2) is 20.3 Å². The van der Waals surface area contributed by atoms with Crippen molar-refractivity contribution < 1.29 is 8.42 Å². The summed E-state index contributed by atoms with van der Waals surface area (Å²) in [5.41, 5.74) is 0. The zero-order chi connectivity index (χ0) is 5.70.